The molecule has 0 radical (unpaired) electrons. The number of benzene rings is 7. The zero-order valence-corrected chi connectivity index (χ0v) is 41.8. The molecule has 0 unspecified atom stereocenters. The molecule has 0 amide bonds. The van der Waals surface area contributed by atoms with E-state index in [9.17, 15) is 0 Å². The molecule has 3 aromatic heterocycles. The third-order valence-corrected chi connectivity index (χ3v) is 13.1. The van der Waals surface area contributed by atoms with Crippen LogP contribution < -0.4 is 14.5 Å². The van der Waals surface area contributed by atoms with E-state index in [1.807, 2.05) is 24.4 Å². The summed E-state index contributed by atoms with van der Waals surface area (Å²) in [4.78, 5) is 9.51. The van der Waals surface area contributed by atoms with Gasteiger partial charge in [0.2, 0.25) is 0 Å². The fourth-order valence-electron chi connectivity index (χ4n) is 9.50. The molecule has 67 heavy (non-hydrogen) atoms. The van der Waals surface area contributed by atoms with Crippen molar-refractivity contribution in [3.05, 3.63) is 193 Å². The molecule has 0 spiro atoms. The van der Waals surface area contributed by atoms with E-state index < -0.39 is 0 Å². The predicted molar refractivity (Wildman–Crippen MR) is 275 cm³/mol. The van der Waals surface area contributed by atoms with Crippen molar-refractivity contribution in [3.8, 4) is 23.0 Å². The first kappa shape index (κ1) is 44.2. The van der Waals surface area contributed by atoms with Crippen molar-refractivity contribution in [2.24, 2.45) is 0 Å². The summed E-state index contributed by atoms with van der Waals surface area (Å²) in [5, 5.41) is 4.68. The minimum atomic E-state index is -0.0641. The fraction of sp³-hybridized carbons (Fsp3) is 0.200. The molecule has 0 saturated carbocycles. The van der Waals surface area contributed by atoms with Gasteiger partial charge in [-0.2, -0.15) is 12.1 Å². The molecule has 11 rings (SSSR count). The molecule has 1 aliphatic heterocycles. The van der Waals surface area contributed by atoms with Crippen LogP contribution in [0, 0.1) is 18.8 Å². The topological polar surface area (TPSA) is 38.5 Å². The standard InChI is InChI=1S/C60H54N5O.Pt/c1-58(2,3)39-30-31-61-56(35-39)65-52-25-15-12-22-48(52)49-29-28-45(37-55(49)65)66-44-19-16-18-42(36-44)62-38-63(43-33-40(59(4,5)6)32-41(34-43)60(7,8)9)57-53(62)26-17-27-54(57)64-50-23-13-10-20-46(50)47-21-11-14-24-51(47)64;/h10-35,38H,1-9H3;/q-3;. The number of pyridine rings is 1. The smallest absolute Gasteiger partial charge is 0.135 e. The van der Waals surface area contributed by atoms with E-state index in [0.29, 0.717) is 11.5 Å². The Balaban J connectivity index is 0.00000525. The van der Waals surface area contributed by atoms with Gasteiger partial charge < -0.3 is 23.7 Å². The Morgan fingerprint density at radius 1 is 0.478 bits per heavy atom. The predicted octanol–water partition coefficient (Wildman–Crippen LogP) is 16.0. The summed E-state index contributed by atoms with van der Waals surface area (Å²) in [6.45, 7) is 22.7. The Bertz CT molecular complexity index is 3440. The molecular formula is C60H54N5OPt-3. The Labute approximate surface area is 408 Å². The van der Waals surface area contributed by atoms with Crippen LogP contribution in [0.2, 0.25) is 0 Å². The van der Waals surface area contributed by atoms with E-state index in [-0.39, 0.29) is 37.3 Å². The first-order valence-electron chi connectivity index (χ1n) is 23.0. The van der Waals surface area contributed by atoms with Crippen LogP contribution in [0.4, 0.5) is 22.7 Å². The minimum absolute atomic E-state index is 0. The van der Waals surface area contributed by atoms with Crippen LogP contribution in [-0.2, 0) is 37.3 Å². The maximum absolute atomic E-state index is 6.73. The quantitative estimate of drug-likeness (QED) is 0.156. The van der Waals surface area contributed by atoms with Crippen molar-refractivity contribution in [1.82, 2.24) is 14.1 Å². The zero-order valence-electron chi connectivity index (χ0n) is 39.5. The second-order valence-corrected chi connectivity index (χ2v) is 20.7. The number of rotatable bonds is 6. The molecular weight excluding hydrogens is 1000 g/mol. The fourth-order valence-corrected chi connectivity index (χ4v) is 9.50. The Kier molecular flexibility index (Phi) is 10.8. The number of anilines is 4. The van der Waals surface area contributed by atoms with Gasteiger partial charge in [0.25, 0.3) is 0 Å². The number of hydrogen-bond donors (Lipinski definition) is 0. The average molecular weight is 1060 g/mol. The molecule has 7 heteroatoms. The van der Waals surface area contributed by atoms with E-state index in [1.54, 1.807) is 0 Å². The van der Waals surface area contributed by atoms with Gasteiger partial charge in [0.15, 0.2) is 0 Å². The Hall–Kier alpha value is -6.62. The van der Waals surface area contributed by atoms with Gasteiger partial charge in [0.1, 0.15) is 5.82 Å². The van der Waals surface area contributed by atoms with Crippen molar-refractivity contribution in [1.29, 1.82) is 0 Å². The molecule has 0 saturated heterocycles. The molecule has 6 nitrogen and oxygen atoms in total. The average Bonchev–Trinajstić information content (AvgIpc) is 3.96. The molecule has 0 bridgehead atoms. The summed E-state index contributed by atoms with van der Waals surface area (Å²) in [6, 6.07) is 61.6. The molecule has 0 atom stereocenters. The van der Waals surface area contributed by atoms with Crippen molar-refractivity contribution in [3.63, 3.8) is 0 Å². The molecule has 4 heterocycles. The summed E-state index contributed by atoms with van der Waals surface area (Å²) < 4.78 is 11.4. The van der Waals surface area contributed by atoms with Crippen molar-refractivity contribution >= 4 is 66.4 Å². The van der Waals surface area contributed by atoms with Gasteiger partial charge in [-0.15, -0.1) is 48.1 Å². The van der Waals surface area contributed by atoms with Gasteiger partial charge in [0, 0.05) is 66.4 Å². The number of ether oxygens (including phenoxy) is 1. The van der Waals surface area contributed by atoms with Gasteiger partial charge in [-0.1, -0.05) is 135 Å². The summed E-state index contributed by atoms with van der Waals surface area (Å²) in [6.07, 6.45) is 1.91. The maximum atomic E-state index is 6.73. The van der Waals surface area contributed by atoms with E-state index >= 15 is 0 Å². The number of hydrogen-bond acceptors (Lipinski definition) is 4. The van der Waals surface area contributed by atoms with Crippen LogP contribution >= 0.6 is 0 Å². The zero-order chi connectivity index (χ0) is 45.7. The van der Waals surface area contributed by atoms with E-state index in [2.05, 4.69) is 234 Å². The van der Waals surface area contributed by atoms with Crippen molar-refractivity contribution < 1.29 is 25.8 Å². The van der Waals surface area contributed by atoms with Crippen LogP contribution in [0.1, 0.15) is 79.0 Å². The van der Waals surface area contributed by atoms with Gasteiger partial charge >= 0.3 is 0 Å². The first-order valence-corrected chi connectivity index (χ1v) is 23.0. The number of aromatic nitrogens is 3. The van der Waals surface area contributed by atoms with Gasteiger partial charge in [-0.25, -0.2) is 4.98 Å². The second kappa shape index (κ2) is 16.3. The SMILES string of the molecule is CC(C)(C)c1cc(N2[CH-]N(c3[c-]c(Oc4[c-]c5c(cc4)c4ccccc4n5-c4cc(C(C)(C)C)ccn4)ccc3)c3cccc(-n4c5ccccc5c5ccccc54)c32)cc(C(C)(C)C)c1.[Pt]. The first-order chi connectivity index (χ1) is 31.6. The molecule has 1 aliphatic rings. The molecule has 10 aromatic rings. The van der Waals surface area contributed by atoms with Crippen LogP contribution in [-0.4, -0.2) is 14.1 Å². The molecule has 7 aromatic carbocycles. The Morgan fingerprint density at radius 3 is 1.66 bits per heavy atom. The third-order valence-electron chi connectivity index (χ3n) is 13.1. The molecule has 0 N–H and O–H groups in total. The maximum Gasteiger partial charge on any atom is 0.135 e. The van der Waals surface area contributed by atoms with Gasteiger partial charge in [-0.05, 0) is 92.9 Å². The van der Waals surface area contributed by atoms with E-state index in [1.165, 1.54) is 27.5 Å². The number of nitrogens with zero attached hydrogens (tertiary/aromatic N) is 5. The van der Waals surface area contributed by atoms with Crippen LogP contribution in [0.3, 0.4) is 0 Å². The third kappa shape index (κ3) is 7.70. The van der Waals surface area contributed by atoms with Gasteiger partial charge in [0.05, 0.1) is 22.4 Å². The normalized spacial score (nSPS) is 13.2. The number of para-hydroxylation sites is 4. The minimum Gasteiger partial charge on any atom is -0.509 e. The van der Waals surface area contributed by atoms with Crippen LogP contribution in [0.15, 0.2) is 158 Å². The molecule has 0 aliphatic carbocycles. The number of fused-ring (bicyclic) bond motifs is 7. The summed E-state index contributed by atoms with van der Waals surface area (Å²) in [7, 11) is 0. The van der Waals surface area contributed by atoms with E-state index in [4.69, 9.17) is 9.72 Å². The van der Waals surface area contributed by atoms with Gasteiger partial charge in [-0.3, -0.25) is 0 Å². The van der Waals surface area contributed by atoms with Crippen molar-refractivity contribution in [2.45, 2.75) is 78.6 Å². The summed E-state index contributed by atoms with van der Waals surface area (Å²) >= 11 is 0. The Morgan fingerprint density at radius 2 is 1.03 bits per heavy atom. The molecule has 0 fully saturated rings. The van der Waals surface area contributed by atoms with Crippen molar-refractivity contribution in [2.75, 3.05) is 9.80 Å². The van der Waals surface area contributed by atoms with E-state index in [0.717, 1.165) is 67.1 Å². The summed E-state index contributed by atoms with van der Waals surface area (Å²) in [5.41, 5.74) is 13.1. The summed E-state index contributed by atoms with van der Waals surface area (Å²) in [5.74, 6) is 2.04. The second-order valence-electron chi connectivity index (χ2n) is 20.7. The molecule has 338 valence electrons. The largest absolute Gasteiger partial charge is 0.509 e. The van der Waals surface area contributed by atoms with Crippen LogP contribution in [0.5, 0.6) is 11.5 Å². The van der Waals surface area contributed by atoms with Crippen LogP contribution in [0.25, 0.3) is 55.1 Å². The monoisotopic (exact) mass is 1060 g/mol.